The van der Waals surface area contributed by atoms with Crippen LogP contribution in [0.25, 0.3) is 0 Å². The molecule has 1 atom stereocenters. The monoisotopic (exact) mass is 205 g/mol. The van der Waals surface area contributed by atoms with E-state index in [0.717, 1.165) is 12.8 Å². The van der Waals surface area contributed by atoms with Gasteiger partial charge in [-0.3, -0.25) is 0 Å². The number of rotatable bonds is 4. The molecule has 1 heteroatoms. The maximum absolute atomic E-state index is 6.26. The number of aryl methyl sites for hydroxylation is 1. The van der Waals surface area contributed by atoms with E-state index in [4.69, 9.17) is 5.73 Å². The SMILES string of the molecule is CCc1ccc(CC(C)(N)C(C)C)cc1. The van der Waals surface area contributed by atoms with Crippen molar-refractivity contribution in [3.63, 3.8) is 0 Å². The van der Waals surface area contributed by atoms with Gasteiger partial charge in [0, 0.05) is 5.54 Å². The minimum Gasteiger partial charge on any atom is -0.325 e. The van der Waals surface area contributed by atoms with Gasteiger partial charge in [-0.1, -0.05) is 45.0 Å². The third kappa shape index (κ3) is 3.35. The van der Waals surface area contributed by atoms with E-state index in [1.165, 1.54) is 11.1 Å². The molecule has 0 heterocycles. The summed E-state index contributed by atoms with van der Waals surface area (Å²) < 4.78 is 0. The lowest BCUT2D eigenvalue weighted by molar-refractivity contribution is 0.338. The van der Waals surface area contributed by atoms with Gasteiger partial charge in [-0.15, -0.1) is 0 Å². The first-order valence-corrected chi connectivity index (χ1v) is 5.82. The first-order valence-electron chi connectivity index (χ1n) is 5.82. The predicted molar refractivity (Wildman–Crippen MR) is 67.0 cm³/mol. The molecule has 0 aliphatic heterocycles. The second-order valence-corrected chi connectivity index (χ2v) is 5.01. The van der Waals surface area contributed by atoms with Crippen LogP contribution < -0.4 is 5.73 Å². The molecule has 1 aromatic carbocycles. The molecule has 0 aliphatic carbocycles. The summed E-state index contributed by atoms with van der Waals surface area (Å²) in [6, 6.07) is 8.80. The van der Waals surface area contributed by atoms with Crippen molar-refractivity contribution in [2.45, 2.75) is 46.1 Å². The lowest BCUT2D eigenvalue weighted by atomic mass is 9.83. The van der Waals surface area contributed by atoms with Crippen molar-refractivity contribution in [1.29, 1.82) is 0 Å². The van der Waals surface area contributed by atoms with Crippen LogP contribution >= 0.6 is 0 Å². The van der Waals surface area contributed by atoms with Gasteiger partial charge < -0.3 is 5.73 Å². The summed E-state index contributed by atoms with van der Waals surface area (Å²) in [5.41, 5.74) is 8.89. The number of benzene rings is 1. The van der Waals surface area contributed by atoms with Crippen LogP contribution in [0.5, 0.6) is 0 Å². The fourth-order valence-corrected chi connectivity index (χ4v) is 1.54. The van der Waals surface area contributed by atoms with Crippen molar-refractivity contribution in [1.82, 2.24) is 0 Å². The molecule has 0 saturated heterocycles. The van der Waals surface area contributed by atoms with Crippen LogP contribution in [0.15, 0.2) is 24.3 Å². The van der Waals surface area contributed by atoms with Gasteiger partial charge in [-0.25, -0.2) is 0 Å². The van der Waals surface area contributed by atoms with E-state index in [2.05, 4.69) is 52.0 Å². The standard InChI is InChI=1S/C14H23N/c1-5-12-6-8-13(9-7-12)10-14(4,15)11(2)3/h6-9,11H,5,10,15H2,1-4H3. The Morgan fingerprint density at radius 2 is 1.60 bits per heavy atom. The summed E-state index contributed by atoms with van der Waals surface area (Å²) in [5.74, 6) is 0.503. The van der Waals surface area contributed by atoms with Crippen molar-refractivity contribution in [3.05, 3.63) is 35.4 Å². The van der Waals surface area contributed by atoms with Gasteiger partial charge in [-0.05, 0) is 36.8 Å². The molecule has 0 radical (unpaired) electrons. The second-order valence-electron chi connectivity index (χ2n) is 5.01. The number of nitrogens with two attached hydrogens (primary N) is 1. The molecule has 0 spiro atoms. The molecule has 0 saturated carbocycles. The topological polar surface area (TPSA) is 26.0 Å². The first-order chi connectivity index (χ1) is 6.95. The fourth-order valence-electron chi connectivity index (χ4n) is 1.54. The lowest BCUT2D eigenvalue weighted by Gasteiger charge is -2.29. The van der Waals surface area contributed by atoms with Crippen molar-refractivity contribution in [3.8, 4) is 0 Å². The van der Waals surface area contributed by atoms with Crippen molar-refractivity contribution in [2.75, 3.05) is 0 Å². The van der Waals surface area contributed by atoms with Crippen LogP contribution in [0, 0.1) is 5.92 Å². The van der Waals surface area contributed by atoms with E-state index < -0.39 is 0 Å². The molecule has 1 nitrogen and oxygen atoms in total. The Morgan fingerprint density at radius 1 is 1.13 bits per heavy atom. The van der Waals surface area contributed by atoms with Gasteiger partial charge in [0.1, 0.15) is 0 Å². The quantitative estimate of drug-likeness (QED) is 0.802. The van der Waals surface area contributed by atoms with Gasteiger partial charge in [-0.2, -0.15) is 0 Å². The Labute approximate surface area is 93.7 Å². The third-order valence-electron chi connectivity index (χ3n) is 3.34. The van der Waals surface area contributed by atoms with Crippen LogP contribution in [0.4, 0.5) is 0 Å². The summed E-state index contributed by atoms with van der Waals surface area (Å²) in [6.45, 7) is 8.67. The molecule has 2 N–H and O–H groups in total. The highest BCUT2D eigenvalue weighted by atomic mass is 14.7. The van der Waals surface area contributed by atoms with Gasteiger partial charge in [0.25, 0.3) is 0 Å². The molecule has 1 rings (SSSR count). The average Bonchev–Trinajstić information content (AvgIpc) is 2.18. The molecule has 0 aliphatic rings. The fraction of sp³-hybridized carbons (Fsp3) is 0.571. The molecular weight excluding hydrogens is 182 g/mol. The largest absolute Gasteiger partial charge is 0.325 e. The van der Waals surface area contributed by atoms with Crippen LogP contribution in [0.1, 0.15) is 38.8 Å². The van der Waals surface area contributed by atoms with Crippen molar-refractivity contribution in [2.24, 2.45) is 11.7 Å². The van der Waals surface area contributed by atoms with Crippen molar-refractivity contribution < 1.29 is 0 Å². The van der Waals surface area contributed by atoms with Crippen LogP contribution in [0.3, 0.4) is 0 Å². The van der Waals surface area contributed by atoms with Crippen LogP contribution in [-0.2, 0) is 12.8 Å². The van der Waals surface area contributed by atoms with E-state index in [1.807, 2.05) is 0 Å². The third-order valence-corrected chi connectivity index (χ3v) is 3.34. The summed E-state index contributed by atoms with van der Waals surface area (Å²) in [7, 11) is 0. The number of hydrogen-bond acceptors (Lipinski definition) is 1. The van der Waals surface area contributed by atoms with E-state index >= 15 is 0 Å². The molecule has 84 valence electrons. The molecule has 15 heavy (non-hydrogen) atoms. The van der Waals surface area contributed by atoms with E-state index in [1.54, 1.807) is 0 Å². The molecule has 0 aromatic heterocycles. The van der Waals surface area contributed by atoms with Gasteiger partial charge in [0.15, 0.2) is 0 Å². The highest BCUT2D eigenvalue weighted by molar-refractivity contribution is 5.24. The van der Waals surface area contributed by atoms with E-state index in [9.17, 15) is 0 Å². The normalized spacial score (nSPS) is 15.3. The minimum absolute atomic E-state index is 0.103. The summed E-state index contributed by atoms with van der Waals surface area (Å²) in [6.07, 6.45) is 2.05. The Bertz CT molecular complexity index is 296. The zero-order valence-electron chi connectivity index (χ0n) is 10.4. The average molecular weight is 205 g/mol. The second kappa shape index (κ2) is 4.80. The lowest BCUT2D eigenvalue weighted by Crippen LogP contribution is -2.43. The molecule has 0 fully saturated rings. The molecule has 0 bridgehead atoms. The first kappa shape index (κ1) is 12.3. The smallest absolute Gasteiger partial charge is 0.0189 e. The number of hydrogen-bond donors (Lipinski definition) is 1. The highest BCUT2D eigenvalue weighted by Gasteiger charge is 2.22. The van der Waals surface area contributed by atoms with E-state index in [0.29, 0.717) is 5.92 Å². The Morgan fingerprint density at radius 3 is 2.00 bits per heavy atom. The van der Waals surface area contributed by atoms with Crippen LogP contribution in [-0.4, -0.2) is 5.54 Å². The highest BCUT2D eigenvalue weighted by Crippen LogP contribution is 2.19. The Kier molecular flexibility index (Phi) is 3.92. The molecular formula is C14H23N. The summed E-state index contributed by atoms with van der Waals surface area (Å²) in [5, 5.41) is 0. The van der Waals surface area contributed by atoms with E-state index in [-0.39, 0.29) is 5.54 Å². The predicted octanol–water partition coefficient (Wildman–Crippen LogP) is 3.16. The zero-order chi connectivity index (χ0) is 11.5. The Hall–Kier alpha value is -0.820. The van der Waals surface area contributed by atoms with Gasteiger partial charge in [0.2, 0.25) is 0 Å². The molecule has 0 amide bonds. The Balaban J connectivity index is 2.73. The molecule has 1 unspecified atom stereocenters. The summed E-state index contributed by atoms with van der Waals surface area (Å²) >= 11 is 0. The van der Waals surface area contributed by atoms with Gasteiger partial charge >= 0.3 is 0 Å². The van der Waals surface area contributed by atoms with Crippen molar-refractivity contribution >= 4 is 0 Å². The van der Waals surface area contributed by atoms with Gasteiger partial charge in [0.05, 0.1) is 0 Å². The maximum atomic E-state index is 6.26. The maximum Gasteiger partial charge on any atom is 0.0189 e. The molecule has 1 aromatic rings. The summed E-state index contributed by atoms with van der Waals surface area (Å²) in [4.78, 5) is 0. The van der Waals surface area contributed by atoms with Crippen LogP contribution in [0.2, 0.25) is 0 Å². The minimum atomic E-state index is -0.103. The zero-order valence-corrected chi connectivity index (χ0v) is 10.4.